The molecule has 0 N–H and O–H groups in total. The van der Waals surface area contributed by atoms with Crippen LogP contribution in [0, 0.1) is 0 Å². The first-order valence-electron chi connectivity index (χ1n) is 5.78. The predicted octanol–water partition coefficient (Wildman–Crippen LogP) is 2.04. The van der Waals surface area contributed by atoms with Crippen LogP contribution in [0.5, 0.6) is 0 Å². The smallest absolute Gasteiger partial charge is 0.410 e. The number of amides is 1. The van der Waals surface area contributed by atoms with Crippen LogP contribution in [0.1, 0.15) is 12.0 Å². The van der Waals surface area contributed by atoms with Crippen LogP contribution in [0.25, 0.3) is 0 Å². The minimum Gasteiger partial charge on any atom is -0.445 e. The van der Waals surface area contributed by atoms with Gasteiger partial charge in [-0.15, -0.1) is 0 Å². The number of methoxy groups -OCH3 is 1. The third-order valence-corrected chi connectivity index (χ3v) is 2.94. The zero-order valence-electron chi connectivity index (χ0n) is 9.96. The molecule has 1 aliphatic rings. The molecule has 1 amide bonds. The van der Waals surface area contributed by atoms with E-state index in [0.717, 1.165) is 12.0 Å². The fraction of sp³-hybridized carbons (Fsp3) is 0.462. The van der Waals surface area contributed by atoms with Crippen LogP contribution in [0.2, 0.25) is 0 Å². The van der Waals surface area contributed by atoms with Gasteiger partial charge < -0.3 is 14.4 Å². The Hall–Kier alpha value is -1.55. The van der Waals surface area contributed by atoms with Gasteiger partial charge in [-0.05, 0) is 12.0 Å². The average molecular weight is 235 g/mol. The number of hydrogen-bond donors (Lipinski definition) is 0. The van der Waals surface area contributed by atoms with Crippen molar-refractivity contribution in [3.8, 4) is 0 Å². The highest BCUT2D eigenvalue weighted by atomic mass is 16.6. The summed E-state index contributed by atoms with van der Waals surface area (Å²) in [5, 5.41) is 0. The molecule has 1 unspecified atom stereocenters. The third-order valence-electron chi connectivity index (χ3n) is 2.94. The zero-order valence-corrected chi connectivity index (χ0v) is 9.96. The largest absolute Gasteiger partial charge is 0.445 e. The summed E-state index contributed by atoms with van der Waals surface area (Å²) in [6.07, 6.45) is 0.782. The second-order valence-corrected chi connectivity index (χ2v) is 4.13. The van der Waals surface area contributed by atoms with E-state index in [1.807, 2.05) is 30.3 Å². The van der Waals surface area contributed by atoms with Crippen molar-refractivity contribution in [3.05, 3.63) is 35.9 Å². The lowest BCUT2D eigenvalue weighted by Gasteiger charge is -2.15. The van der Waals surface area contributed by atoms with Crippen molar-refractivity contribution >= 4 is 6.09 Å². The van der Waals surface area contributed by atoms with Crippen LogP contribution >= 0.6 is 0 Å². The molecule has 17 heavy (non-hydrogen) atoms. The maximum atomic E-state index is 11.7. The summed E-state index contributed by atoms with van der Waals surface area (Å²) in [5.41, 5.74) is 1.00. The number of rotatable bonds is 3. The van der Waals surface area contributed by atoms with Crippen molar-refractivity contribution < 1.29 is 14.3 Å². The molecular weight excluding hydrogens is 218 g/mol. The Morgan fingerprint density at radius 3 is 2.82 bits per heavy atom. The van der Waals surface area contributed by atoms with Crippen LogP contribution in [0.4, 0.5) is 4.79 Å². The fourth-order valence-electron chi connectivity index (χ4n) is 1.90. The number of carbonyl (C=O) groups is 1. The van der Waals surface area contributed by atoms with Gasteiger partial charge >= 0.3 is 6.09 Å². The Morgan fingerprint density at radius 1 is 1.41 bits per heavy atom. The molecule has 0 bridgehead atoms. The van der Waals surface area contributed by atoms with Crippen molar-refractivity contribution in [3.63, 3.8) is 0 Å². The van der Waals surface area contributed by atoms with Crippen LogP contribution in [-0.4, -0.2) is 37.3 Å². The highest BCUT2D eigenvalue weighted by molar-refractivity contribution is 5.68. The molecule has 1 saturated heterocycles. The van der Waals surface area contributed by atoms with Crippen molar-refractivity contribution in [2.45, 2.75) is 19.1 Å². The average Bonchev–Trinajstić information content (AvgIpc) is 2.86. The van der Waals surface area contributed by atoms with E-state index < -0.39 is 0 Å². The lowest BCUT2D eigenvalue weighted by molar-refractivity contribution is 0.0848. The van der Waals surface area contributed by atoms with Gasteiger partial charge in [0, 0.05) is 13.7 Å². The van der Waals surface area contributed by atoms with Crippen molar-refractivity contribution in [1.29, 1.82) is 0 Å². The van der Waals surface area contributed by atoms with Gasteiger partial charge in [-0.2, -0.15) is 0 Å². The SMILES string of the molecule is COC1CCN(C(=O)OCc2ccccc2)C1. The van der Waals surface area contributed by atoms with Crippen LogP contribution in [0.15, 0.2) is 30.3 Å². The molecule has 0 radical (unpaired) electrons. The number of benzene rings is 1. The van der Waals surface area contributed by atoms with E-state index in [1.54, 1.807) is 12.0 Å². The lowest BCUT2D eigenvalue weighted by atomic mass is 10.2. The Labute approximate surface area is 101 Å². The minimum absolute atomic E-state index is 0.152. The molecular formula is C13H17NO3. The quantitative estimate of drug-likeness (QED) is 0.804. The second kappa shape index (κ2) is 5.68. The van der Waals surface area contributed by atoms with Gasteiger partial charge in [0.1, 0.15) is 6.61 Å². The summed E-state index contributed by atoms with van der Waals surface area (Å²) >= 11 is 0. The van der Waals surface area contributed by atoms with Gasteiger partial charge in [-0.3, -0.25) is 0 Å². The summed E-state index contributed by atoms with van der Waals surface area (Å²) in [7, 11) is 1.67. The first-order valence-corrected chi connectivity index (χ1v) is 5.78. The van der Waals surface area contributed by atoms with Crippen LogP contribution in [0.3, 0.4) is 0 Å². The van der Waals surface area contributed by atoms with Gasteiger partial charge in [-0.25, -0.2) is 4.79 Å². The first kappa shape index (κ1) is 11.9. The van der Waals surface area contributed by atoms with E-state index in [1.165, 1.54) is 0 Å². The van der Waals surface area contributed by atoms with Crippen LogP contribution < -0.4 is 0 Å². The molecule has 4 heteroatoms. The number of nitrogens with zero attached hydrogens (tertiary/aromatic N) is 1. The topological polar surface area (TPSA) is 38.8 Å². The summed E-state index contributed by atoms with van der Waals surface area (Å²) in [6.45, 7) is 1.67. The summed E-state index contributed by atoms with van der Waals surface area (Å²) < 4.78 is 10.4. The standard InChI is InChI=1S/C13H17NO3/c1-16-12-7-8-14(9-12)13(15)17-10-11-5-3-2-4-6-11/h2-6,12H,7-10H2,1H3. The number of hydrogen-bond acceptors (Lipinski definition) is 3. The Bertz CT molecular complexity index is 366. The van der Waals surface area contributed by atoms with E-state index >= 15 is 0 Å². The first-order chi connectivity index (χ1) is 8.29. The van der Waals surface area contributed by atoms with Gasteiger partial charge in [0.25, 0.3) is 0 Å². The molecule has 1 aromatic rings. The summed E-state index contributed by atoms with van der Waals surface area (Å²) in [5.74, 6) is 0. The van der Waals surface area contributed by atoms with E-state index in [0.29, 0.717) is 19.7 Å². The molecule has 1 atom stereocenters. The molecule has 0 saturated carbocycles. The highest BCUT2D eigenvalue weighted by Crippen LogP contribution is 2.13. The van der Waals surface area contributed by atoms with E-state index in [4.69, 9.17) is 9.47 Å². The molecule has 1 aliphatic heterocycles. The second-order valence-electron chi connectivity index (χ2n) is 4.13. The number of likely N-dealkylation sites (tertiary alicyclic amines) is 1. The Balaban J connectivity index is 1.78. The van der Waals surface area contributed by atoms with Gasteiger partial charge in [0.15, 0.2) is 0 Å². The van der Waals surface area contributed by atoms with Gasteiger partial charge in [-0.1, -0.05) is 30.3 Å². The maximum Gasteiger partial charge on any atom is 0.410 e. The molecule has 92 valence electrons. The predicted molar refractivity (Wildman–Crippen MR) is 63.6 cm³/mol. The molecule has 1 fully saturated rings. The van der Waals surface area contributed by atoms with Crippen molar-refractivity contribution in [2.24, 2.45) is 0 Å². The van der Waals surface area contributed by atoms with E-state index in [2.05, 4.69) is 0 Å². The van der Waals surface area contributed by atoms with Crippen molar-refractivity contribution in [2.75, 3.05) is 20.2 Å². The number of ether oxygens (including phenoxy) is 2. The normalized spacial score (nSPS) is 19.4. The van der Waals surface area contributed by atoms with E-state index in [-0.39, 0.29) is 12.2 Å². The molecule has 0 aromatic heterocycles. The molecule has 2 rings (SSSR count). The monoisotopic (exact) mass is 235 g/mol. The highest BCUT2D eigenvalue weighted by Gasteiger charge is 2.26. The molecule has 1 aromatic carbocycles. The molecule has 4 nitrogen and oxygen atoms in total. The zero-order chi connectivity index (χ0) is 12.1. The minimum atomic E-state index is -0.256. The van der Waals surface area contributed by atoms with Crippen molar-refractivity contribution in [1.82, 2.24) is 4.90 Å². The molecule has 1 heterocycles. The third kappa shape index (κ3) is 3.20. The maximum absolute atomic E-state index is 11.7. The number of carbonyl (C=O) groups excluding carboxylic acids is 1. The van der Waals surface area contributed by atoms with Crippen LogP contribution in [-0.2, 0) is 16.1 Å². The molecule has 0 aliphatic carbocycles. The summed E-state index contributed by atoms with van der Waals surface area (Å²) in [6, 6.07) is 9.68. The Morgan fingerprint density at radius 2 is 2.18 bits per heavy atom. The Kier molecular flexibility index (Phi) is 3.98. The van der Waals surface area contributed by atoms with Gasteiger partial charge in [0.2, 0.25) is 0 Å². The van der Waals surface area contributed by atoms with Gasteiger partial charge in [0.05, 0.1) is 12.6 Å². The summed E-state index contributed by atoms with van der Waals surface area (Å²) in [4.78, 5) is 13.4. The fourth-order valence-corrected chi connectivity index (χ4v) is 1.90. The molecule has 0 spiro atoms. The van der Waals surface area contributed by atoms with E-state index in [9.17, 15) is 4.79 Å². The lowest BCUT2D eigenvalue weighted by Crippen LogP contribution is -2.30.